The van der Waals surface area contributed by atoms with Crippen LogP contribution >= 0.6 is 11.8 Å². The molecule has 6 nitrogen and oxygen atoms in total. The van der Waals surface area contributed by atoms with Gasteiger partial charge in [0.15, 0.2) is 16.7 Å². The topological polar surface area (TPSA) is 73.0 Å². The van der Waals surface area contributed by atoms with Gasteiger partial charge in [-0.15, -0.1) is 10.2 Å². The molecule has 1 unspecified atom stereocenters. The zero-order valence-corrected chi connectivity index (χ0v) is 15.6. The number of amides is 1. The molecule has 1 amide bonds. The van der Waals surface area contributed by atoms with Crippen molar-refractivity contribution in [3.8, 4) is 11.6 Å². The zero-order valence-electron chi connectivity index (χ0n) is 14.8. The SMILES string of the molecule is CCn1c(SCC(=O)NC(C)CCC(C)C)nnc1-c1ccco1. The first-order valence-electron chi connectivity index (χ1n) is 8.40. The molecule has 0 spiro atoms. The summed E-state index contributed by atoms with van der Waals surface area (Å²) in [7, 11) is 0. The lowest BCUT2D eigenvalue weighted by Crippen LogP contribution is -2.34. The number of thioether (sulfide) groups is 1. The molecule has 2 rings (SSSR count). The number of rotatable bonds is 9. The van der Waals surface area contributed by atoms with Crippen molar-refractivity contribution in [1.29, 1.82) is 0 Å². The maximum absolute atomic E-state index is 12.1. The molecule has 1 N–H and O–H groups in total. The predicted octanol–water partition coefficient (Wildman–Crippen LogP) is 3.59. The first kappa shape index (κ1) is 18.6. The summed E-state index contributed by atoms with van der Waals surface area (Å²) in [6.45, 7) is 9.18. The summed E-state index contributed by atoms with van der Waals surface area (Å²) in [5.74, 6) is 2.39. The van der Waals surface area contributed by atoms with E-state index in [1.165, 1.54) is 11.8 Å². The number of aromatic nitrogens is 3. The highest BCUT2D eigenvalue weighted by Crippen LogP contribution is 2.24. The van der Waals surface area contributed by atoms with Crippen LogP contribution in [0.25, 0.3) is 11.6 Å². The summed E-state index contributed by atoms with van der Waals surface area (Å²) in [5.41, 5.74) is 0. The van der Waals surface area contributed by atoms with Crippen molar-refractivity contribution in [2.75, 3.05) is 5.75 Å². The van der Waals surface area contributed by atoms with Gasteiger partial charge < -0.3 is 9.73 Å². The van der Waals surface area contributed by atoms with E-state index in [0.29, 0.717) is 23.3 Å². The summed E-state index contributed by atoms with van der Waals surface area (Å²) >= 11 is 1.40. The molecule has 0 saturated carbocycles. The Balaban J connectivity index is 1.89. The molecule has 0 aliphatic heterocycles. The Morgan fingerprint density at radius 3 is 2.75 bits per heavy atom. The van der Waals surface area contributed by atoms with Crippen molar-refractivity contribution in [3.05, 3.63) is 18.4 Å². The number of nitrogens with one attached hydrogen (secondary N) is 1. The number of carbonyl (C=O) groups is 1. The van der Waals surface area contributed by atoms with E-state index in [-0.39, 0.29) is 11.9 Å². The number of hydrogen-bond donors (Lipinski definition) is 1. The molecule has 132 valence electrons. The molecule has 1 atom stereocenters. The second-order valence-corrected chi connectivity index (χ2v) is 7.20. The summed E-state index contributed by atoms with van der Waals surface area (Å²) in [4.78, 5) is 12.1. The van der Waals surface area contributed by atoms with Gasteiger partial charge in [-0.1, -0.05) is 25.6 Å². The average Bonchev–Trinajstić information content (AvgIpc) is 3.19. The van der Waals surface area contributed by atoms with Crippen LogP contribution in [0.1, 0.15) is 40.5 Å². The van der Waals surface area contributed by atoms with E-state index in [0.717, 1.165) is 24.5 Å². The van der Waals surface area contributed by atoms with Crippen LogP contribution in [0.2, 0.25) is 0 Å². The lowest BCUT2D eigenvalue weighted by atomic mass is 10.0. The third-order valence-corrected chi connectivity index (χ3v) is 4.66. The summed E-state index contributed by atoms with van der Waals surface area (Å²) in [6.07, 6.45) is 3.73. The van der Waals surface area contributed by atoms with Gasteiger partial charge in [0.1, 0.15) is 0 Å². The molecule has 0 saturated heterocycles. The van der Waals surface area contributed by atoms with Crippen molar-refractivity contribution in [2.45, 2.75) is 58.3 Å². The summed E-state index contributed by atoms with van der Waals surface area (Å²) < 4.78 is 7.35. The van der Waals surface area contributed by atoms with Crippen molar-refractivity contribution in [1.82, 2.24) is 20.1 Å². The highest BCUT2D eigenvalue weighted by Gasteiger charge is 2.16. The van der Waals surface area contributed by atoms with E-state index < -0.39 is 0 Å². The molecule has 2 aromatic heterocycles. The second-order valence-electron chi connectivity index (χ2n) is 6.26. The Morgan fingerprint density at radius 2 is 2.12 bits per heavy atom. The molecule has 0 aromatic carbocycles. The number of carbonyl (C=O) groups excluding carboxylic acids is 1. The van der Waals surface area contributed by atoms with Crippen LogP contribution in [-0.2, 0) is 11.3 Å². The van der Waals surface area contributed by atoms with Gasteiger partial charge in [0, 0.05) is 12.6 Å². The van der Waals surface area contributed by atoms with Gasteiger partial charge in [-0.2, -0.15) is 0 Å². The van der Waals surface area contributed by atoms with E-state index >= 15 is 0 Å². The standard InChI is InChI=1S/C17H26N4O2S/c1-5-21-16(14-7-6-10-23-14)19-20-17(21)24-11-15(22)18-13(4)9-8-12(2)3/h6-7,10,12-13H,5,8-9,11H2,1-4H3,(H,18,22). The van der Waals surface area contributed by atoms with Gasteiger partial charge >= 0.3 is 0 Å². The van der Waals surface area contributed by atoms with Crippen LogP contribution in [0.3, 0.4) is 0 Å². The molecule has 0 aliphatic carbocycles. The minimum Gasteiger partial charge on any atom is -0.461 e. The molecule has 0 fully saturated rings. The largest absolute Gasteiger partial charge is 0.461 e. The lowest BCUT2D eigenvalue weighted by molar-refractivity contribution is -0.119. The third kappa shape index (κ3) is 5.12. The molecule has 7 heteroatoms. The van der Waals surface area contributed by atoms with Gasteiger partial charge in [-0.05, 0) is 44.7 Å². The fraction of sp³-hybridized carbons (Fsp3) is 0.588. The molecule has 24 heavy (non-hydrogen) atoms. The normalized spacial score (nSPS) is 12.5. The van der Waals surface area contributed by atoms with Gasteiger partial charge in [0.25, 0.3) is 0 Å². The van der Waals surface area contributed by atoms with Gasteiger partial charge in [0.05, 0.1) is 12.0 Å². The quantitative estimate of drug-likeness (QED) is 0.700. The van der Waals surface area contributed by atoms with Crippen molar-refractivity contribution < 1.29 is 9.21 Å². The van der Waals surface area contributed by atoms with Crippen LogP contribution in [0.5, 0.6) is 0 Å². The smallest absolute Gasteiger partial charge is 0.230 e. The van der Waals surface area contributed by atoms with Crippen molar-refractivity contribution in [3.63, 3.8) is 0 Å². The molecule has 2 aromatic rings. The lowest BCUT2D eigenvalue weighted by Gasteiger charge is -2.14. The fourth-order valence-electron chi connectivity index (χ4n) is 2.37. The Kier molecular flexibility index (Phi) is 6.90. The maximum atomic E-state index is 12.1. The highest BCUT2D eigenvalue weighted by atomic mass is 32.2. The first-order valence-corrected chi connectivity index (χ1v) is 9.39. The van der Waals surface area contributed by atoms with Crippen LogP contribution in [-0.4, -0.2) is 32.5 Å². The average molecular weight is 350 g/mol. The second kappa shape index (κ2) is 8.92. The Hall–Kier alpha value is -1.76. The zero-order chi connectivity index (χ0) is 17.5. The van der Waals surface area contributed by atoms with Crippen molar-refractivity contribution >= 4 is 17.7 Å². The minimum atomic E-state index is 0.0291. The number of hydrogen-bond acceptors (Lipinski definition) is 5. The van der Waals surface area contributed by atoms with E-state index in [1.54, 1.807) is 6.26 Å². The molecule has 0 aliphatic rings. The van der Waals surface area contributed by atoms with E-state index in [1.807, 2.05) is 23.6 Å². The molecular weight excluding hydrogens is 324 g/mol. The van der Waals surface area contributed by atoms with Crippen LogP contribution < -0.4 is 5.32 Å². The third-order valence-electron chi connectivity index (χ3n) is 3.69. The van der Waals surface area contributed by atoms with E-state index in [4.69, 9.17) is 4.42 Å². The van der Waals surface area contributed by atoms with E-state index in [9.17, 15) is 4.79 Å². The molecule has 0 bridgehead atoms. The van der Waals surface area contributed by atoms with Gasteiger partial charge in [-0.25, -0.2) is 0 Å². The fourth-order valence-corrected chi connectivity index (χ4v) is 3.18. The molecular formula is C17H26N4O2S. The predicted molar refractivity (Wildman–Crippen MR) is 95.8 cm³/mol. The monoisotopic (exact) mass is 350 g/mol. The van der Waals surface area contributed by atoms with Crippen molar-refractivity contribution in [2.24, 2.45) is 5.92 Å². The Morgan fingerprint density at radius 1 is 1.33 bits per heavy atom. The number of nitrogens with zero attached hydrogens (tertiary/aromatic N) is 3. The van der Waals surface area contributed by atoms with Crippen LogP contribution in [0.4, 0.5) is 0 Å². The minimum absolute atomic E-state index is 0.0291. The molecule has 2 heterocycles. The Labute approximate surface area is 147 Å². The summed E-state index contributed by atoms with van der Waals surface area (Å²) in [6, 6.07) is 3.87. The molecule has 0 radical (unpaired) electrons. The Bertz CT molecular complexity index is 637. The number of furan rings is 1. The van der Waals surface area contributed by atoms with Crippen LogP contribution in [0, 0.1) is 5.92 Å². The van der Waals surface area contributed by atoms with E-state index in [2.05, 4.69) is 36.3 Å². The van der Waals surface area contributed by atoms with Crippen LogP contribution in [0.15, 0.2) is 28.0 Å². The summed E-state index contributed by atoms with van der Waals surface area (Å²) in [5, 5.41) is 12.1. The maximum Gasteiger partial charge on any atom is 0.230 e. The first-order chi connectivity index (χ1) is 11.5. The van der Waals surface area contributed by atoms with Gasteiger partial charge in [0.2, 0.25) is 5.91 Å². The highest BCUT2D eigenvalue weighted by molar-refractivity contribution is 7.99. The van der Waals surface area contributed by atoms with Gasteiger partial charge in [-0.3, -0.25) is 9.36 Å².